The Kier molecular flexibility index (Phi) is 3.80. The Morgan fingerprint density at radius 3 is 2.79 bits per heavy atom. The van der Waals surface area contributed by atoms with Crippen molar-refractivity contribution >= 4 is 17.5 Å². The van der Waals surface area contributed by atoms with Crippen LogP contribution in [0.4, 0.5) is 0 Å². The van der Waals surface area contributed by atoms with Crippen LogP contribution in [0.25, 0.3) is 0 Å². The highest BCUT2D eigenvalue weighted by Crippen LogP contribution is 2.22. The van der Waals surface area contributed by atoms with E-state index in [1.807, 2.05) is 0 Å². The summed E-state index contributed by atoms with van der Waals surface area (Å²) in [5.41, 5.74) is 0. The van der Waals surface area contributed by atoms with Crippen molar-refractivity contribution < 1.29 is 19.1 Å². The fourth-order valence-electron chi connectivity index (χ4n) is 1.62. The van der Waals surface area contributed by atoms with Crippen molar-refractivity contribution in [2.75, 3.05) is 7.11 Å². The van der Waals surface area contributed by atoms with Gasteiger partial charge in [-0.05, 0) is 12.8 Å². The molecule has 0 aromatic rings. The highest BCUT2D eigenvalue weighted by Gasteiger charge is 2.27. The van der Waals surface area contributed by atoms with Crippen molar-refractivity contribution in [1.82, 2.24) is 0 Å². The van der Waals surface area contributed by atoms with Gasteiger partial charge >= 0.3 is 5.97 Å². The molecule has 1 aliphatic rings. The maximum atomic E-state index is 11.3. The summed E-state index contributed by atoms with van der Waals surface area (Å²) in [6.45, 7) is 0. The standard InChI is InChI=1S/C10H14O4/c1-14-10(13)5-3-7-2-4-8(11)6-9(7)12/h7H,2-6H2,1H3. The molecule has 0 saturated heterocycles. The molecule has 4 nitrogen and oxygen atoms in total. The van der Waals surface area contributed by atoms with E-state index in [-0.39, 0.29) is 36.3 Å². The Bertz CT molecular complexity index is 257. The molecule has 1 saturated carbocycles. The van der Waals surface area contributed by atoms with Crippen molar-refractivity contribution in [3.63, 3.8) is 0 Å². The number of hydrogen-bond donors (Lipinski definition) is 0. The van der Waals surface area contributed by atoms with E-state index in [1.54, 1.807) is 0 Å². The summed E-state index contributed by atoms with van der Waals surface area (Å²) >= 11 is 0. The SMILES string of the molecule is COC(=O)CCC1CCC(=O)CC1=O. The molecule has 0 aromatic heterocycles. The third kappa shape index (κ3) is 2.94. The molecule has 14 heavy (non-hydrogen) atoms. The molecule has 1 fully saturated rings. The number of carbonyl (C=O) groups is 3. The van der Waals surface area contributed by atoms with E-state index in [4.69, 9.17) is 0 Å². The van der Waals surface area contributed by atoms with Gasteiger partial charge in [-0.1, -0.05) is 0 Å². The second kappa shape index (κ2) is 4.88. The Hall–Kier alpha value is -1.19. The normalized spacial score (nSPS) is 22.2. The summed E-state index contributed by atoms with van der Waals surface area (Å²) in [4.78, 5) is 33.1. The first-order valence-electron chi connectivity index (χ1n) is 4.74. The summed E-state index contributed by atoms with van der Waals surface area (Å²) in [6.07, 6.45) is 1.89. The first kappa shape index (κ1) is 10.9. The van der Waals surface area contributed by atoms with Crippen molar-refractivity contribution in [2.24, 2.45) is 5.92 Å². The molecule has 78 valence electrons. The molecule has 0 bridgehead atoms. The van der Waals surface area contributed by atoms with Crippen molar-refractivity contribution in [3.05, 3.63) is 0 Å². The average molecular weight is 198 g/mol. The third-order valence-electron chi connectivity index (χ3n) is 2.52. The Balaban J connectivity index is 2.34. The topological polar surface area (TPSA) is 60.4 Å². The highest BCUT2D eigenvalue weighted by atomic mass is 16.5. The molecule has 4 heteroatoms. The van der Waals surface area contributed by atoms with Crippen LogP contribution < -0.4 is 0 Å². The predicted octanol–water partition coefficient (Wildman–Crippen LogP) is 0.878. The van der Waals surface area contributed by atoms with Gasteiger partial charge in [0, 0.05) is 18.8 Å². The zero-order valence-corrected chi connectivity index (χ0v) is 8.25. The zero-order valence-electron chi connectivity index (χ0n) is 8.25. The minimum absolute atomic E-state index is 0.0179. The molecule has 0 N–H and O–H groups in total. The molecule has 1 unspecified atom stereocenters. The lowest BCUT2D eigenvalue weighted by atomic mass is 9.84. The fourth-order valence-corrected chi connectivity index (χ4v) is 1.62. The van der Waals surface area contributed by atoms with E-state index in [2.05, 4.69) is 4.74 Å². The van der Waals surface area contributed by atoms with Gasteiger partial charge in [-0.25, -0.2) is 0 Å². The zero-order chi connectivity index (χ0) is 10.6. The number of rotatable bonds is 3. The third-order valence-corrected chi connectivity index (χ3v) is 2.52. The number of Topliss-reactive ketones (excluding diaryl/α,β-unsaturated/α-hetero) is 2. The maximum absolute atomic E-state index is 11.3. The minimum atomic E-state index is -0.297. The Labute approximate surface area is 82.6 Å². The van der Waals surface area contributed by atoms with Crippen LogP contribution in [0.5, 0.6) is 0 Å². The van der Waals surface area contributed by atoms with E-state index in [0.29, 0.717) is 19.3 Å². The van der Waals surface area contributed by atoms with Crippen molar-refractivity contribution in [1.29, 1.82) is 0 Å². The fraction of sp³-hybridized carbons (Fsp3) is 0.700. The molecule has 0 aromatic carbocycles. The van der Waals surface area contributed by atoms with Crippen molar-refractivity contribution in [3.8, 4) is 0 Å². The molecule has 0 radical (unpaired) electrons. The molecular weight excluding hydrogens is 184 g/mol. The van der Waals surface area contributed by atoms with E-state index in [1.165, 1.54) is 7.11 Å². The monoisotopic (exact) mass is 198 g/mol. The minimum Gasteiger partial charge on any atom is -0.469 e. The molecule has 1 aliphatic carbocycles. The van der Waals surface area contributed by atoms with E-state index >= 15 is 0 Å². The van der Waals surface area contributed by atoms with Gasteiger partial charge in [0.15, 0.2) is 0 Å². The second-order valence-corrected chi connectivity index (χ2v) is 3.53. The molecule has 0 spiro atoms. The van der Waals surface area contributed by atoms with Crippen LogP contribution in [0.2, 0.25) is 0 Å². The maximum Gasteiger partial charge on any atom is 0.305 e. The molecular formula is C10H14O4. The number of carbonyl (C=O) groups excluding carboxylic acids is 3. The van der Waals surface area contributed by atoms with Gasteiger partial charge in [0.25, 0.3) is 0 Å². The predicted molar refractivity (Wildman–Crippen MR) is 48.6 cm³/mol. The number of ketones is 2. The van der Waals surface area contributed by atoms with Crippen LogP contribution in [0.1, 0.15) is 32.1 Å². The van der Waals surface area contributed by atoms with Gasteiger partial charge in [-0.15, -0.1) is 0 Å². The van der Waals surface area contributed by atoms with Gasteiger partial charge in [-0.2, -0.15) is 0 Å². The highest BCUT2D eigenvalue weighted by molar-refractivity contribution is 6.02. The molecule has 0 heterocycles. The molecule has 0 aliphatic heterocycles. The van der Waals surface area contributed by atoms with Crippen LogP contribution in [0.3, 0.4) is 0 Å². The lowest BCUT2D eigenvalue weighted by Gasteiger charge is -2.18. The Morgan fingerprint density at radius 1 is 1.50 bits per heavy atom. The average Bonchev–Trinajstić information content (AvgIpc) is 2.16. The van der Waals surface area contributed by atoms with Gasteiger partial charge in [-0.3, -0.25) is 14.4 Å². The molecule has 0 amide bonds. The van der Waals surface area contributed by atoms with Gasteiger partial charge < -0.3 is 4.74 Å². The summed E-state index contributed by atoms with van der Waals surface area (Å²) in [6, 6.07) is 0. The Morgan fingerprint density at radius 2 is 2.21 bits per heavy atom. The van der Waals surface area contributed by atoms with E-state index in [9.17, 15) is 14.4 Å². The van der Waals surface area contributed by atoms with E-state index < -0.39 is 0 Å². The van der Waals surface area contributed by atoms with Gasteiger partial charge in [0.1, 0.15) is 11.6 Å². The van der Waals surface area contributed by atoms with Crippen LogP contribution in [0.15, 0.2) is 0 Å². The lowest BCUT2D eigenvalue weighted by Crippen LogP contribution is -2.25. The summed E-state index contributed by atoms with van der Waals surface area (Å²) in [5.74, 6) is -0.420. The quantitative estimate of drug-likeness (QED) is 0.499. The van der Waals surface area contributed by atoms with Gasteiger partial charge in [0.05, 0.1) is 13.5 Å². The lowest BCUT2D eigenvalue weighted by molar-refractivity contribution is -0.141. The molecule has 1 rings (SSSR count). The molecule has 1 atom stereocenters. The number of hydrogen-bond acceptors (Lipinski definition) is 4. The van der Waals surface area contributed by atoms with Gasteiger partial charge in [0.2, 0.25) is 0 Å². The summed E-state index contributed by atoms with van der Waals surface area (Å²) < 4.78 is 4.48. The van der Waals surface area contributed by atoms with Crippen molar-refractivity contribution in [2.45, 2.75) is 32.1 Å². The first-order chi connectivity index (χ1) is 6.63. The largest absolute Gasteiger partial charge is 0.469 e. The second-order valence-electron chi connectivity index (χ2n) is 3.53. The smallest absolute Gasteiger partial charge is 0.305 e. The number of methoxy groups -OCH3 is 1. The number of ether oxygens (including phenoxy) is 1. The van der Waals surface area contributed by atoms with Crippen LogP contribution in [-0.2, 0) is 19.1 Å². The summed E-state index contributed by atoms with van der Waals surface area (Å²) in [7, 11) is 1.33. The summed E-state index contributed by atoms with van der Waals surface area (Å²) in [5, 5.41) is 0. The van der Waals surface area contributed by atoms with Crippen LogP contribution >= 0.6 is 0 Å². The number of esters is 1. The van der Waals surface area contributed by atoms with Crippen LogP contribution in [-0.4, -0.2) is 24.6 Å². The van der Waals surface area contributed by atoms with E-state index in [0.717, 1.165) is 0 Å². The first-order valence-corrected chi connectivity index (χ1v) is 4.74. The van der Waals surface area contributed by atoms with Crippen LogP contribution in [0, 0.1) is 5.92 Å².